The normalized spacial score (nSPS) is 10.2. The first kappa shape index (κ1) is 18.5. The minimum Gasteiger partial charge on any atom is -0.292 e. The number of nitrogens with zero attached hydrogens (tertiary/aromatic N) is 5. The van der Waals surface area contributed by atoms with Gasteiger partial charge in [0.25, 0.3) is 0 Å². The lowest BCUT2D eigenvalue weighted by Crippen LogP contribution is -2.25. The number of hydrogen-bond donors (Lipinski definition) is 2. The monoisotopic (exact) mass is 396 g/mol. The molecule has 0 fully saturated rings. The van der Waals surface area contributed by atoms with Crippen molar-refractivity contribution in [1.82, 2.24) is 15.4 Å². The Kier molecular flexibility index (Phi) is 5.36. The highest BCUT2D eigenvalue weighted by Gasteiger charge is 2.13. The van der Waals surface area contributed by atoms with E-state index < -0.39 is 0 Å². The molecule has 7 heteroatoms. The molecule has 0 aliphatic carbocycles. The van der Waals surface area contributed by atoms with E-state index in [9.17, 15) is 5.26 Å². The molecule has 0 atom stereocenters. The van der Waals surface area contributed by atoms with E-state index in [1.54, 1.807) is 12.3 Å². The van der Waals surface area contributed by atoms with Gasteiger partial charge in [0.1, 0.15) is 6.07 Å². The summed E-state index contributed by atoms with van der Waals surface area (Å²) in [5.41, 5.74) is 8.03. The molecule has 0 saturated heterocycles. The van der Waals surface area contributed by atoms with Crippen LogP contribution in [0.3, 0.4) is 0 Å². The van der Waals surface area contributed by atoms with Gasteiger partial charge in [-0.3, -0.25) is 10.4 Å². The molecule has 1 N–H and O–H groups in total. The molecule has 1 heterocycles. The highest BCUT2D eigenvalue weighted by molar-refractivity contribution is 7.80. The first-order valence-corrected chi connectivity index (χ1v) is 9.29. The second-order valence-corrected chi connectivity index (χ2v) is 6.69. The topological polar surface area (TPSA) is 77.7 Å². The van der Waals surface area contributed by atoms with Gasteiger partial charge in [-0.05, 0) is 59.8 Å². The van der Waals surface area contributed by atoms with E-state index in [1.807, 2.05) is 77.8 Å². The van der Waals surface area contributed by atoms with Crippen LogP contribution < -0.4 is 10.4 Å². The minimum atomic E-state index is 0.555. The van der Waals surface area contributed by atoms with Gasteiger partial charge < -0.3 is 0 Å². The van der Waals surface area contributed by atoms with E-state index in [2.05, 4.69) is 39.5 Å². The van der Waals surface area contributed by atoms with Gasteiger partial charge in [-0.15, -0.1) is 22.8 Å². The quantitative estimate of drug-likeness (QED) is 0.370. The Morgan fingerprint density at radius 3 is 2.48 bits per heavy atom. The summed E-state index contributed by atoms with van der Waals surface area (Å²) in [5.74, 6) is 0. The predicted molar refractivity (Wildman–Crippen MR) is 116 cm³/mol. The lowest BCUT2D eigenvalue weighted by atomic mass is 10.1. The Labute approximate surface area is 173 Å². The van der Waals surface area contributed by atoms with Crippen molar-refractivity contribution >= 4 is 29.7 Å². The fourth-order valence-corrected chi connectivity index (χ4v) is 3.03. The molecule has 0 spiro atoms. The maximum Gasteiger partial charge on any atom is 0.101 e. The van der Waals surface area contributed by atoms with Gasteiger partial charge in [0.2, 0.25) is 0 Å². The van der Waals surface area contributed by atoms with Crippen molar-refractivity contribution in [2.75, 3.05) is 10.4 Å². The number of para-hydroxylation sites is 1. The third-order valence-corrected chi connectivity index (χ3v) is 4.59. The summed E-state index contributed by atoms with van der Waals surface area (Å²) >= 11 is 4.38. The van der Waals surface area contributed by atoms with Crippen LogP contribution in [-0.4, -0.2) is 15.4 Å². The molecule has 0 bridgehead atoms. The predicted octanol–water partition coefficient (Wildman–Crippen LogP) is 4.86. The number of hydrazine groups is 1. The van der Waals surface area contributed by atoms with Crippen LogP contribution >= 0.6 is 12.6 Å². The summed E-state index contributed by atoms with van der Waals surface area (Å²) in [6, 6.07) is 27.1. The Hall–Kier alpha value is -3.89. The summed E-state index contributed by atoms with van der Waals surface area (Å²) in [5, 5.41) is 22.9. The number of benzene rings is 3. The molecule has 3 aromatic carbocycles. The second kappa shape index (κ2) is 8.42. The molecule has 4 aromatic rings. The zero-order valence-corrected chi connectivity index (χ0v) is 16.2. The molecule has 6 nitrogen and oxygen atoms in total. The van der Waals surface area contributed by atoms with Crippen LogP contribution in [-0.2, 0) is 0 Å². The van der Waals surface area contributed by atoms with Gasteiger partial charge in [0, 0.05) is 10.5 Å². The van der Waals surface area contributed by atoms with E-state index in [0.29, 0.717) is 11.3 Å². The molecule has 0 amide bonds. The third kappa shape index (κ3) is 4.18. The van der Waals surface area contributed by atoms with Crippen molar-refractivity contribution in [3.63, 3.8) is 0 Å². The maximum atomic E-state index is 9.46. The fourth-order valence-electron chi connectivity index (χ4n) is 2.88. The zero-order valence-electron chi connectivity index (χ0n) is 15.3. The van der Waals surface area contributed by atoms with E-state index in [1.165, 1.54) is 0 Å². The summed E-state index contributed by atoms with van der Waals surface area (Å²) in [6.07, 6.45) is 1.61. The molecule has 0 aliphatic heterocycles. The van der Waals surface area contributed by atoms with Crippen LogP contribution in [0.25, 0.3) is 11.3 Å². The lowest BCUT2D eigenvalue weighted by molar-refractivity contribution is 0.870. The SMILES string of the molecule is N#Cc1ccccc1NN(c1ccc(S)cc1)c1cccc(-c2ccnnn2)c1. The first-order chi connectivity index (χ1) is 14.2. The number of anilines is 3. The fraction of sp³-hybridized carbons (Fsp3) is 0. The van der Waals surface area contributed by atoms with E-state index >= 15 is 0 Å². The smallest absolute Gasteiger partial charge is 0.101 e. The van der Waals surface area contributed by atoms with Crippen LogP contribution in [0.2, 0.25) is 0 Å². The molecule has 0 aliphatic rings. The number of thiol groups is 1. The molecule has 1 aromatic heterocycles. The van der Waals surface area contributed by atoms with Gasteiger partial charge >= 0.3 is 0 Å². The number of nitriles is 1. The molecule has 0 radical (unpaired) electrons. The molecular weight excluding hydrogens is 380 g/mol. The van der Waals surface area contributed by atoms with Gasteiger partial charge in [-0.2, -0.15) is 5.26 Å². The molecular formula is C22H16N6S. The van der Waals surface area contributed by atoms with Crippen LogP contribution in [0.15, 0.2) is 90.0 Å². The number of hydrogen-bond acceptors (Lipinski definition) is 7. The average Bonchev–Trinajstić information content (AvgIpc) is 2.79. The van der Waals surface area contributed by atoms with Crippen LogP contribution in [0, 0.1) is 11.3 Å². The maximum absolute atomic E-state index is 9.46. The highest BCUT2D eigenvalue weighted by Crippen LogP contribution is 2.30. The number of aromatic nitrogens is 3. The molecule has 140 valence electrons. The second-order valence-electron chi connectivity index (χ2n) is 6.18. The number of rotatable bonds is 5. The summed E-state index contributed by atoms with van der Waals surface area (Å²) < 4.78 is 0. The number of nitrogens with one attached hydrogen (secondary N) is 1. The van der Waals surface area contributed by atoms with Gasteiger partial charge in [0.05, 0.1) is 34.5 Å². The Morgan fingerprint density at radius 1 is 0.897 bits per heavy atom. The third-order valence-electron chi connectivity index (χ3n) is 4.29. The van der Waals surface area contributed by atoms with Crippen molar-refractivity contribution in [2.24, 2.45) is 0 Å². The Morgan fingerprint density at radius 2 is 1.72 bits per heavy atom. The van der Waals surface area contributed by atoms with Crippen molar-refractivity contribution < 1.29 is 0 Å². The molecule has 29 heavy (non-hydrogen) atoms. The largest absolute Gasteiger partial charge is 0.292 e. The minimum absolute atomic E-state index is 0.555. The summed E-state index contributed by atoms with van der Waals surface area (Å²) in [7, 11) is 0. The first-order valence-electron chi connectivity index (χ1n) is 8.84. The van der Waals surface area contributed by atoms with Gasteiger partial charge in [-0.1, -0.05) is 24.3 Å². The van der Waals surface area contributed by atoms with Gasteiger partial charge in [0.15, 0.2) is 0 Å². The Balaban J connectivity index is 1.79. The standard InChI is InChI=1S/C22H16N6S/c23-15-17-4-1-2-7-22(17)26-28(18-8-10-20(29)11-9-18)19-6-3-5-16(14-19)21-12-13-24-27-25-21/h1-14,26,29H. The van der Waals surface area contributed by atoms with Crippen molar-refractivity contribution in [3.8, 4) is 17.3 Å². The van der Waals surface area contributed by atoms with Crippen LogP contribution in [0.5, 0.6) is 0 Å². The summed E-state index contributed by atoms with van der Waals surface area (Å²) in [4.78, 5) is 0.868. The van der Waals surface area contributed by atoms with Crippen LogP contribution in [0.4, 0.5) is 17.1 Å². The molecule has 0 saturated carbocycles. The average molecular weight is 396 g/mol. The van der Waals surface area contributed by atoms with E-state index in [-0.39, 0.29) is 0 Å². The van der Waals surface area contributed by atoms with Crippen molar-refractivity contribution in [2.45, 2.75) is 4.90 Å². The van der Waals surface area contributed by atoms with Gasteiger partial charge in [-0.25, -0.2) is 0 Å². The molecule has 0 unspecified atom stereocenters. The van der Waals surface area contributed by atoms with Crippen molar-refractivity contribution in [1.29, 1.82) is 5.26 Å². The Bertz CT molecular complexity index is 1160. The summed E-state index contributed by atoms with van der Waals surface area (Å²) in [6.45, 7) is 0. The highest BCUT2D eigenvalue weighted by atomic mass is 32.1. The van der Waals surface area contributed by atoms with E-state index in [0.717, 1.165) is 27.5 Å². The van der Waals surface area contributed by atoms with Crippen molar-refractivity contribution in [3.05, 3.63) is 90.6 Å². The van der Waals surface area contributed by atoms with E-state index in [4.69, 9.17) is 0 Å². The lowest BCUT2D eigenvalue weighted by Gasteiger charge is -2.27. The zero-order chi connectivity index (χ0) is 20.1. The molecule has 4 rings (SSSR count). The van der Waals surface area contributed by atoms with Crippen LogP contribution in [0.1, 0.15) is 5.56 Å².